The molecular formula is C16H18BrN3O3. The molecule has 0 aromatic heterocycles. The molecule has 0 bridgehead atoms. The van der Waals surface area contributed by atoms with Crippen LogP contribution in [0.3, 0.4) is 0 Å². The van der Waals surface area contributed by atoms with E-state index < -0.39 is 5.91 Å². The van der Waals surface area contributed by atoms with Crippen LogP contribution in [0.15, 0.2) is 46.9 Å². The first-order valence-corrected chi connectivity index (χ1v) is 7.71. The predicted octanol–water partition coefficient (Wildman–Crippen LogP) is 2.44. The number of hydrogen-bond acceptors (Lipinski definition) is 5. The zero-order valence-corrected chi connectivity index (χ0v) is 14.2. The second-order valence-corrected chi connectivity index (χ2v) is 5.55. The SMILES string of the molecule is COc1cc(CNNc2ccccc2)c(Br)cc1OCC(N)=O. The summed E-state index contributed by atoms with van der Waals surface area (Å²) in [4.78, 5) is 10.8. The molecule has 4 N–H and O–H groups in total. The average molecular weight is 380 g/mol. The third-order valence-corrected chi connectivity index (χ3v) is 3.73. The Balaban J connectivity index is 2.02. The predicted molar refractivity (Wildman–Crippen MR) is 92.3 cm³/mol. The van der Waals surface area contributed by atoms with Crippen LogP contribution < -0.4 is 26.1 Å². The van der Waals surface area contributed by atoms with Gasteiger partial charge in [0.05, 0.1) is 7.11 Å². The third-order valence-electron chi connectivity index (χ3n) is 2.99. The van der Waals surface area contributed by atoms with E-state index >= 15 is 0 Å². The van der Waals surface area contributed by atoms with Gasteiger partial charge >= 0.3 is 0 Å². The molecule has 0 saturated carbocycles. The third kappa shape index (κ3) is 5.15. The number of rotatable bonds is 8. The van der Waals surface area contributed by atoms with Crippen molar-refractivity contribution in [2.24, 2.45) is 5.73 Å². The Bertz CT molecular complexity index is 665. The number of amides is 1. The Morgan fingerprint density at radius 1 is 1.22 bits per heavy atom. The monoisotopic (exact) mass is 379 g/mol. The van der Waals surface area contributed by atoms with Gasteiger partial charge in [-0.2, -0.15) is 0 Å². The Kier molecular flexibility index (Phi) is 6.25. The number of hydrazine groups is 1. The molecule has 0 aliphatic heterocycles. The molecule has 0 saturated heterocycles. The molecule has 0 radical (unpaired) electrons. The summed E-state index contributed by atoms with van der Waals surface area (Å²) in [6.45, 7) is 0.359. The summed E-state index contributed by atoms with van der Waals surface area (Å²) in [5.41, 5.74) is 13.3. The van der Waals surface area contributed by atoms with Crippen LogP contribution in [-0.4, -0.2) is 19.6 Å². The molecule has 0 spiro atoms. The van der Waals surface area contributed by atoms with Crippen LogP contribution in [-0.2, 0) is 11.3 Å². The van der Waals surface area contributed by atoms with Crippen LogP contribution in [0.2, 0.25) is 0 Å². The summed E-state index contributed by atoms with van der Waals surface area (Å²) in [7, 11) is 1.54. The molecule has 7 heteroatoms. The molecule has 0 fully saturated rings. The van der Waals surface area contributed by atoms with E-state index in [0.29, 0.717) is 18.0 Å². The fourth-order valence-electron chi connectivity index (χ4n) is 1.90. The molecule has 6 nitrogen and oxygen atoms in total. The lowest BCUT2D eigenvalue weighted by Gasteiger charge is -2.14. The molecule has 2 rings (SSSR count). The number of halogens is 1. The van der Waals surface area contributed by atoms with Crippen LogP contribution in [0.1, 0.15) is 5.56 Å². The van der Waals surface area contributed by atoms with Gasteiger partial charge < -0.3 is 20.6 Å². The van der Waals surface area contributed by atoms with Crippen LogP contribution >= 0.6 is 15.9 Å². The van der Waals surface area contributed by atoms with Gasteiger partial charge in [0.25, 0.3) is 5.91 Å². The summed E-state index contributed by atoms with van der Waals surface area (Å²) in [6, 6.07) is 13.4. The Hall–Kier alpha value is -2.25. The van der Waals surface area contributed by atoms with Crippen molar-refractivity contribution < 1.29 is 14.3 Å². The van der Waals surface area contributed by atoms with Crippen molar-refractivity contribution in [3.05, 3.63) is 52.5 Å². The molecule has 0 aliphatic rings. The molecule has 0 aliphatic carbocycles. The van der Waals surface area contributed by atoms with Gasteiger partial charge in [0.1, 0.15) is 0 Å². The lowest BCUT2D eigenvalue weighted by atomic mass is 10.2. The van der Waals surface area contributed by atoms with E-state index in [0.717, 1.165) is 15.7 Å². The van der Waals surface area contributed by atoms with Crippen molar-refractivity contribution in [2.45, 2.75) is 6.54 Å². The molecule has 2 aromatic rings. The molecule has 0 heterocycles. The molecule has 2 aromatic carbocycles. The van der Waals surface area contributed by atoms with Gasteiger partial charge in [0.15, 0.2) is 18.1 Å². The maximum absolute atomic E-state index is 10.8. The molecule has 0 atom stereocenters. The first-order chi connectivity index (χ1) is 11.1. The van der Waals surface area contributed by atoms with Crippen molar-refractivity contribution in [1.82, 2.24) is 5.43 Å². The van der Waals surface area contributed by atoms with Gasteiger partial charge in [0.2, 0.25) is 0 Å². The van der Waals surface area contributed by atoms with Gasteiger partial charge in [-0.15, -0.1) is 0 Å². The molecular weight excluding hydrogens is 362 g/mol. The minimum atomic E-state index is -0.541. The quantitative estimate of drug-likeness (QED) is 0.613. The zero-order valence-electron chi connectivity index (χ0n) is 12.6. The summed E-state index contributed by atoms with van der Waals surface area (Å²) < 4.78 is 11.5. The van der Waals surface area contributed by atoms with E-state index in [2.05, 4.69) is 26.8 Å². The number of carbonyl (C=O) groups excluding carboxylic acids is 1. The Morgan fingerprint density at radius 2 is 1.96 bits per heavy atom. The highest BCUT2D eigenvalue weighted by atomic mass is 79.9. The first kappa shape index (κ1) is 17.1. The van der Waals surface area contributed by atoms with Crippen molar-refractivity contribution >= 4 is 27.5 Å². The molecule has 122 valence electrons. The number of nitrogens with one attached hydrogen (secondary N) is 2. The molecule has 1 amide bonds. The van der Waals surface area contributed by atoms with E-state index in [-0.39, 0.29) is 6.61 Å². The highest BCUT2D eigenvalue weighted by Gasteiger charge is 2.11. The molecule has 0 unspecified atom stereocenters. The van der Waals surface area contributed by atoms with Crippen LogP contribution in [0, 0.1) is 0 Å². The van der Waals surface area contributed by atoms with Gasteiger partial charge in [-0.1, -0.05) is 34.1 Å². The van der Waals surface area contributed by atoms with E-state index in [4.69, 9.17) is 15.2 Å². The van der Waals surface area contributed by atoms with Gasteiger partial charge in [-0.05, 0) is 29.8 Å². The summed E-state index contributed by atoms with van der Waals surface area (Å²) >= 11 is 3.48. The summed E-state index contributed by atoms with van der Waals surface area (Å²) in [6.07, 6.45) is 0. The number of para-hydroxylation sites is 1. The first-order valence-electron chi connectivity index (χ1n) is 6.91. The topological polar surface area (TPSA) is 85.6 Å². The Morgan fingerprint density at radius 3 is 2.61 bits per heavy atom. The standard InChI is InChI=1S/C16H18BrN3O3/c1-22-14-7-11(9-19-20-12-5-3-2-4-6-12)13(17)8-15(14)23-10-16(18)21/h2-8,19-20H,9-10H2,1H3,(H2,18,21). The summed E-state index contributed by atoms with van der Waals surface area (Å²) in [5.74, 6) is 0.449. The zero-order chi connectivity index (χ0) is 16.7. The maximum Gasteiger partial charge on any atom is 0.255 e. The number of nitrogens with two attached hydrogens (primary N) is 1. The number of methoxy groups -OCH3 is 1. The minimum absolute atomic E-state index is 0.198. The number of anilines is 1. The van der Waals surface area contributed by atoms with E-state index in [1.807, 2.05) is 36.4 Å². The van der Waals surface area contributed by atoms with Crippen LogP contribution in [0.25, 0.3) is 0 Å². The largest absolute Gasteiger partial charge is 0.493 e. The van der Waals surface area contributed by atoms with Crippen molar-refractivity contribution in [2.75, 3.05) is 19.1 Å². The van der Waals surface area contributed by atoms with Crippen LogP contribution in [0.4, 0.5) is 5.69 Å². The number of primary amides is 1. The Labute approximate surface area is 143 Å². The van der Waals surface area contributed by atoms with Gasteiger partial charge in [-0.3, -0.25) is 4.79 Å². The van der Waals surface area contributed by atoms with Crippen molar-refractivity contribution in [1.29, 1.82) is 0 Å². The van der Waals surface area contributed by atoms with E-state index in [1.54, 1.807) is 13.2 Å². The number of hydrogen-bond donors (Lipinski definition) is 3. The summed E-state index contributed by atoms with van der Waals surface area (Å²) in [5, 5.41) is 0. The van der Waals surface area contributed by atoms with E-state index in [9.17, 15) is 4.79 Å². The normalized spacial score (nSPS) is 10.2. The second kappa shape index (κ2) is 8.40. The lowest BCUT2D eigenvalue weighted by molar-refractivity contribution is -0.119. The average Bonchev–Trinajstić information content (AvgIpc) is 2.55. The fourth-order valence-corrected chi connectivity index (χ4v) is 2.36. The minimum Gasteiger partial charge on any atom is -0.493 e. The fraction of sp³-hybridized carbons (Fsp3) is 0.188. The van der Waals surface area contributed by atoms with Crippen molar-refractivity contribution in [3.8, 4) is 11.5 Å². The second-order valence-electron chi connectivity index (χ2n) is 4.69. The lowest BCUT2D eigenvalue weighted by Crippen LogP contribution is -2.21. The highest BCUT2D eigenvalue weighted by Crippen LogP contribution is 2.33. The number of benzene rings is 2. The van der Waals surface area contributed by atoms with Gasteiger partial charge in [-0.25, -0.2) is 5.43 Å². The number of carbonyl (C=O) groups is 1. The van der Waals surface area contributed by atoms with Crippen LogP contribution in [0.5, 0.6) is 11.5 Å². The van der Waals surface area contributed by atoms with E-state index in [1.165, 1.54) is 0 Å². The molecule has 23 heavy (non-hydrogen) atoms. The van der Waals surface area contributed by atoms with Gasteiger partial charge in [0, 0.05) is 16.7 Å². The maximum atomic E-state index is 10.8. The number of ether oxygens (including phenoxy) is 2. The van der Waals surface area contributed by atoms with Crippen molar-refractivity contribution in [3.63, 3.8) is 0 Å². The highest BCUT2D eigenvalue weighted by molar-refractivity contribution is 9.10. The smallest absolute Gasteiger partial charge is 0.255 e.